The lowest BCUT2D eigenvalue weighted by Gasteiger charge is -2.11. The Morgan fingerprint density at radius 2 is 1.75 bits per heavy atom. The summed E-state index contributed by atoms with van der Waals surface area (Å²) >= 11 is 5.77. The molecule has 0 unspecified atom stereocenters. The van der Waals surface area contributed by atoms with Gasteiger partial charge in [0.25, 0.3) is 0 Å². The average molecular weight is 301 g/mol. The van der Waals surface area contributed by atoms with Crippen LogP contribution in [0.5, 0.6) is 5.75 Å². The molecule has 5 heteroatoms. The second-order valence-electron chi connectivity index (χ2n) is 4.23. The lowest BCUT2D eigenvalue weighted by atomic mass is 10.1. The van der Waals surface area contributed by atoms with Crippen LogP contribution in [0.1, 0.15) is 16.7 Å². The fourth-order valence-electron chi connectivity index (χ4n) is 1.75. The summed E-state index contributed by atoms with van der Waals surface area (Å²) < 4.78 is 43.3. The van der Waals surface area contributed by atoms with Crippen molar-refractivity contribution in [3.8, 4) is 5.75 Å². The normalized spacial score (nSPS) is 11.4. The minimum Gasteiger partial charge on any atom is -0.489 e. The van der Waals surface area contributed by atoms with Gasteiger partial charge in [-0.15, -0.1) is 11.6 Å². The minimum absolute atomic E-state index is 0.0673. The molecule has 0 bridgehead atoms. The van der Waals surface area contributed by atoms with E-state index in [1.54, 1.807) is 18.2 Å². The van der Waals surface area contributed by atoms with Crippen molar-refractivity contribution in [2.45, 2.75) is 18.7 Å². The van der Waals surface area contributed by atoms with Gasteiger partial charge in [0.1, 0.15) is 12.4 Å². The maximum absolute atomic E-state index is 12.6. The highest BCUT2D eigenvalue weighted by atomic mass is 35.5. The van der Waals surface area contributed by atoms with Gasteiger partial charge in [0, 0.05) is 5.56 Å². The molecule has 0 fully saturated rings. The molecule has 0 aliphatic rings. The molecule has 0 saturated carbocycles. The number of benzene rings is 2. The molecule has 2 aromatic rings. The van der Waals surface area contributed by atoms with E-state index in [4.69, 9.17) is 16.3 Å². The fraction of sp³-hybridized carbons (Fsp3) is 0.200. The standard InChI is InChI=1S/C15H12ClF3O/c16-9-12-5-1-2-7-14(12)20-10-11-4-3-6-13(8-11)15(17,18)19/h1-8H,9-10H2. The molecule has 106 valence electrons. The number of hydrogen-bond acceptors (Lipinski definition) is 1. The van der Waals surface area contributed by atoms with Gasteiger partial charge in [-0.1, -0.05) is 30.3 Å². The summed E-state index contributed by atoms with van der Waals surface area (Å²) in [6, 6.07) is 12.3. The number of para-hydroxylation sites is 1. The van der Waals surface area contributed by atoms with E-state index in [2.05, 4.69) is 0 Å². The molecule has 0 saturated heterocycles. The van der Waals surface area contributed by atoms with Crippen LogP contribution in [-0.4, -0.2) is 0 Å². The Hall–Kier alpha value is -1.68. The number of hydrogen-bond donors (Lipinski definition) is 0. The maximum Gasteiger partial charge on any atom is 0.416 e. The van der Waals surface area contributed by atoms with Crippen LogP contribution in [0.25, 0.3) is 0 Å². The zero-order valence-electron chi connectivity index (χ0n) is 10.5. The third kappa shape index (κ3) is 3.67. The smallest absolute Gasteiger partial charge is 0.416 e. The van der Waals surface area contributed by atoms with Gasteiger partial charge in [0.05, 0.1) is 11.4 Å². The van der Waals surface area contributed by atoms with E-state index in [0.717, 1.165) is 17.7 Å². The molecule has 0 amide bonds. The molecule has 2 rings (SSSR count). The van der Waals surface area contributed by atoms with Gasteiger partial charge in [0.15, 0.2) is 0 Å². The Kier molecular flexibility index (Phi) is 4.55. The first-order valence-electron chi connectivity index (χ1n) is 5.93. The summed E-state index contributed by atoms with van der Waals surface area (Å²) in [7, 11) is 0. The molecule has 0 N–H and O–H groups in total. The van der Waals surface area contributed by atoms with Crippen molar-refractivity contribution in [3.05, 3.63) is 65.2 Å². The van der Waals surface area contributed by atoms with Gasteiger partial charge in [-0.25, -0.2) is 0 Å². The minimum atomic E-state index is -4.34. The predicted octanol–water partition coefficient (Wildman–Crippen LogP) is 5.02. The van der Waals surface area contributed by atoms with E-state index in [1.807, 2.05) is 12.1 Å². The van der Waals surface area contributed by atoms with E-state index in [1.165, 1.54) is 6.07 Å². The number of ether oxygens (including phenoxy) is 1. The van der Waals surface area contributed by atoms with Crippen LogP contribution in [0.3, 0.4) is 0 Å². The predicted molar refractivity (Wildman–Crippen MR) is 71.8 cm³/mol. The molecule has 0 aliphatic heterocycles. The number of halogens is 4. The third-order valence-electron chi connectivity index (χ3n) is 2.77. The van der Waals surface area contributed by atoms with E-state index < -0.39 is 11.7 Å². The van der Waals surface area contributed by atoms with Crippen molar-refractivity contribution in [1.82, 2.24) is 0 Å². The quantitative estimate of drug-likeness (QED) is 0.720. The Balaban J connectivity index is 2.11. The van der Waals surface area contributed by atoms with Gasteiger partial charge < -0.3 is 4.74 Å². The summed E-state index contributed by atoms with van der Waals surface area (Å²) in [5.41, 5.74) is 0.592. The molecule has 0 atom stereocenters. The van der Waals surface area contributed by atoms with Crippen LogP contribution >= 0.6 is 11.6 Å². The Labute approximate surface area is 119 Å². The summed E-state index contributed by atoms with van der Waals surface area (Å²) in [5, 5.41) is 0. The molecular weight excluding hydrogens is 289 g/mol. The van der Waals surface area contributed by atoms with Crippen LogP contribution in [0, 0.1) is 0 Å². The number of alkyl halides is 4. The van der Waals surface area contributed by atoms with Crippen LogP contribution in [0.15, 0.2) is 48.5 Å². The SMILES string of the molecule is FC(F)(F)c1cccc(COc2ccccc2CCl)c1. The summed E-state index contributed by atoms with van der Waals surface area (Å²) in [6.07, 6.45) is -4.34. The molecule has 0 heterocycles. The van der Waals surface area contributed by atoms with Gasteiger partial charge in [-0.3, -0.25) is 0 Å². The summed E-state index contributed by atoms with van der Waals surface area (Å²) in [5.74, 6) is 0.874. The van der Waals surface area contributed by atoms with Crippen molar-refractivity contribution in [2.75, 3.05) is 0 Å². The highest BCUT2D eigenvalue weighted by Gasteiger charge is 2.30. The Morgan fingerprint density at radius 3 is 2.45 bits per heavy atom. The number of rotatable bonds is 4. The topological polar surface area (TPSA) is 9.23 Å². The van der Waals surface area contributed by atoms with Crippen molar-refractivity contribution in [2.24, 2.45) is 0 Å². The van der Waals surface area contributed by atoms with E-state index in [9.17, 15) is 13.2 Å². The van der Waals surface area contributed by atoms with Gasteiger partial charge >= 0.3 is 6.18 Å². The van der Waals surface area contributed by atoms with E-state index in [0.29, 0.717) is 17.2 Å². The zero-order valence-corrected chi connectivity index (χ0v) is 11.2. The van der Waals surface area contributed by atoms with Crippen LogP contribution < -0.4 is 4.74 Å². The lowest BCUT2D eigenvalue weighted by molar-refractivity contribution is -0.137. The largest absolute Gasteiger partial charge is 0.489 e. The van der Waals surface area contributed by atoms with E-state index in [-0.39, 0.29) is 6.61 Å². The molecule has 1 nitrogen and oxygen atoms in total. The highest BCUT2D eigenvalue weighted by molar-refractivity contribution is 6.17. The first-order chi connectivity index (χ1) is 9.50. The molecular formula is C15H12ClF3O. The first-order valence-corrected chi connectivity index (χ1v) is 6.47. The monoisotopic (exact) mass is 300 g/mol. The molecule has 0 spiro atoms. The molecule has 2 aromatic carbocycles. The van der Waals surface area contributed by atoms with Gasteiger partial charge in [-0.05, 0) is 23.8 Å². The molecule has 0 aliphatic carbocycles. The maximum atomic E-state index is 12.6. The zero-order chi connectivity index (χ0) is 14.6. The Morgan fingerprint density at radius 1 is 1.00 bits per heavy atom. The Bertz CT molecular complexity index is 581. The second kappa shape index (κ2) is 6.18. The van der Waals surface area contributed by atoms with Gasteiger partial charge in [-0.2, -0.15) is 13.2 Å². The third-order valence-corrected chi connectivity index (χ3v) is 3.05. The lowest BCUT2D eigenvalue weighted by Crippen LogP contribution is -2.06. The van der Waals surface area contributed by atoms with Crippen molar-refractivity contribution in [3.63, 3.8) is 0 Å². The first kappa shape index (κ1) is 14.7. The van der Waals surface area contributed by atoms with Crippen molar-refractivity contribution in [1.29, 1.82) is 0 Å². The fourth-order valence-corrected chi connectivity index (χ4v) is 1.97. The average Bonchev–Trinajstić information content (AvgIpc) is 2.45. The van der Waals surface area contributed by atoms with Gasteiger partial charge in [0.2, 0.25) is 0 Å². The van der Waals surface area contributed by atoms with Crippen molar-refractivity contribution < 1.29 is 17.9 Å². The highest BCUT2D eigenvalue weighted by Crippen LogP contribution is 2.30. The summed E-state index contributed by atoms with van der Waals surface area (Å²) in [6.45, 7) is 0.0673. The van der Waals surface area contributed by atoms with Crippen molar-refractivity contribution >= 4 is 11.6 Å². The molecule has 0 aromatic heterocycles. The molecule has 0 radical (unpaired) electrons. The van der Waals surface area contributed by atoms with E-state index >= 15 is 0 Å². The van der Waals surface area contributed by atoms with Crippen LogP contribution in [-0.2, 0) is 18.7 Å². The summed E-state index contributed by atoms with van der Waals surface area (Å²) in [4.78, 5) is 0. The second-order valence-corrected chi connectivity index (χ2v) is 4.50. The van der Waals surface area contributed by atoms with Crippen LogP contribution in [0.2, 0.25) is 0 Å². The van der Waals surface area contributed by atoms with Crippen LogP contribution in [0.4, 0.5) is 13.2 Å². The molecule has 20 heavy (non-hydrogen) atoms.